The Morgan fingerprint density at radius 2 is 2.00 bits per heavy atom. The third-order valence-corrected chi connectivity index (χ3v) is 4.98. The zero-order chi connectivity index (χ0) is 13.0. The molecule has 0 radical (unpaired) electrons. The molecule has 1 saturated heterocycles. The Kier molecular flexibility index (Phi) is 5.50. The summed E-state index contributed by atoms with van der Waals surface area (Å²) in [5, 5.41) is 3.67. The monoisotopic (exact) mass is 252 g/mol. The van der Waals surface area contributed by atoms with Gasteiger partial charge in [-0.3, -0.25) is 4.90 Å². The molecule has 1 aliphatic heterocycles. The van der Waals surface area contributed by atoms with Crippen LogP contribution in [0.25, 0.3) is 0 Å². The Hall–Kier alpha value is -0.0800. The highest BCUT2D eigenvalue weighted by Gasteiger charge is 2.31. The molecule has 2 heteroatoms. The number of hydrogen-bond donors (Lipinski definition) is 1. The summed E-state index contributed by atoms with van der Waals surface area (Å²) in [6, 6.07) is 1.62. The normalized spacial score (nSPS) is 37.3. The first-order valence-electron chi connectivity index (χ1n) is 8.18. The van der Waals surface area contributed by atoms with Crippen LogP contribution in [-0.2, 0) is 0 Å². The number of hydrogen-bond acceptors (Lipinski definition) is 2. The van der Waals surface area contributed by atoms with Gasteiger partial charge in [0.15, 0.2) is 0 Å². The summed E-state index contributed by atoms with van der Waals surface area (Å²) in [6.45, 7) is 11.0. The van der Waals surface area contributed by atoms with Crippen LogP contribution in [0, 0.1) is 11.8 Å². The molecule has 2 nitrogen and oxygen atoms in total. The van der Waals surface area contributed by atoms with E-state index in [9.17, 15) is 0 Å². The molecule has 1 N–H and O–H groups in total. The molecule has 4 unspecified atom stereocenters. The Balaban J connectivity index is 1.90. The molecular formula is C16H32N2. The van der Waals surface area contributed by atoms with Gasteiger partial charge in [-0.1, -0.05) is 20.8 Å². The molecule has 2 aliphatic rings. The quantitative estimate of drug-likeness (QED) is 0.808. The van der Waals surface area contributed by atoms with Crippen molar-refractivity contribution in [3.05, 3.63) is 0 Å². The average Bonchev–Trinajstić information content (AvgIpc) is 2.81. The lowest BCUT2D eigenvalue weighted by molar-refractivity contribution is 0.0858. The molecule has 0 bridgehead atoms. The van der Waals surface area contributed by atoms with Crippen molar-refractivity contribution in [1.82, 2.24) is 10.2 Å². The molecule has 0 aromatic carbocycles. The maximum Gasteiger partial charge on any atom is 0.0195 e. The minimum atomic E-state index is 0.767. The Labute approximate surface area is 114 Å². The molecule has 4 atom stereocenters. The van der Waals surface area contributed by atoms with Crippen LogP contribution in [0.3, 0.4) is 0 Å². The van der Waals surface area contributed by atoms with Gasteiger partial charge in [0.05, 0.1) is 0 Å². The fraction of sp³-hybridized carbons (Fsp3) is 1.00. The fourth-order valence-corrected chi connectivity index (χ4v) is 4.07. The van der Waals surface area contributed by atoms with E-state index in [0.29, 0.717) is 0 Å². The topological polar surface area (TPSA) is 15.3 Å². The van der Waals surface area contributed by atoms with E-state index in [1.807, 2.05) is 0 Å². The summed E-state index contributed by atoms with van der Waals surface area (Å²) < 4.78 is 0. The van der Waals surface area contributed by atoms with E-state index in [4.69, 9.17) is 0 Å². The molecule has 106 valence electrons. The maximum absolute atomic E-state index is 3.67. The van der Waals surface area contributed by atoms with Crippen molar-refractivity contribution in [2.24, 2.45) is 11.8 Å². The predicted molar refractivity (Wildman–Crippen MR) is 78.9 cm³/mol. The van der Waals surface area contributed by atoms with Crippen molar-refractivity contribution in [1.29, 1.82) is 0 Å². The molecule has 1 saturated carbocycles. The molecular weight excluding hydrogens is 220 g/mol. The van der Waals surface area contributed by atoms with Gasteiger partial charge in [0.2, 0.25) is 0 Å². The SMILES string of the molecule is CCCN(CC1CCCN1)C1CCC(C)CC1C. The van der Waals surface area contributed by atoms with Crippen molar-refractivity contribution in [3.8, 4) is 0 Å². The summed E-state index contributed by atoms with van der Waals surface area (Å²) in [7, 11) is 0. The van der Waals surface area contributed by atoms with Gasteiger partial charge < -0.3 is 5.32 Å². The highest BCUT2D eigenvalue weighted by Crippen LogP contribution is 2.32. The molecule has 0 amide bonds. The average molecular weight is 252 g/mol. The second-order valence-corrected chi connectivity index (χ2v) is 6.75. The van der Waals surface area contributed by atoms with Gasteiger partial charge in [-0.05, 0) is 63.5 Å². The van der Waals surface area contributed by atoms with Gasteiger partial charge in [0, 0.05) is 18.6 Å². The van der Waals surface area contributed by atoms with E-state index in [-0.39, 0.29) is 0 Å². The Morgan fingerprint density at radius 1 is 1.17 bits per heavy atom. The van der Waals surface area contributed by atoms with Gasteiger partial charge >= 0.3 is 0 Å². The van der Waals surface area contributed by atoms with Crippen LogP contribution in [-0.4, -0.2) is 36.6 Å². The maximum atomic E-state index is 3.67. The van der Waals surface area contributed by atoms with E-state index in [1.54, 1.807) is 0 Å². The molecule has 1 aliphatic carbocycles. The van der Waals surface area contributed by atoms with Crippen LogP contribution in [0.4, 0.5) is 0 Å². The molecule has 0 aromatic heterocycles. The van der Waals surface area contributed by atoms with Crippen molar-refractivity contribution >= 4 is 0 Å². The smallest absolute Gasteiger partial charge is 0.0195 e. The Morgan fingerprint density at radius 3 is 2.61 bits per heavy atom. The third kappa shape index (κ3) is 3.71. The van der Waals surface area contributed by atoms with Crippen LogP contribution in [0.1, 0.15) is 59.3 Å². The van der Waals surface area contributed by atoms with Gasteiger partial charge in [0.1, 0.15) is 0 Å². The summed E-state index contributed by atoms with van der Waals surface area (Å²) in [6.07, 6.45) is 8.36. The highest BCUT2D eigenvalue weighted by molar-refractivity contribution is 4.87. The van der Waals surface area contributed by atoms with Gasteiger partial charge in [-0.25, -0.2) is 0 Å². The van der Waals surface area contributed by atoms with Crippen molar-refractivity contribution in [3.63, 3.8) is 0 Å². The lowest BCUT2D eigenvalue weighted by Crippen LogP contribution is -2.48. The van der Waals surface area contributed by atoms with Crippen LogP contribution in [0.5, 0.6) is 0 Å². The van der Waals surface area contributed by atoms with E-state index in [2.05, 4.69) is 31.0 Å². The summed E-state index contributed by atoms with van der Waals surface area (Å²) in [4.78, 5) is 2.81. The van der Waals surface area contributed by atoms with E-state index in [1.165, 1.54) is 58.2 Å². The van der Waals surface area contributed by atoms with E-state index < -0.39 is 0 Å². The summed E-state index contributed by atoms with van der Waals surface area (Å²) in [5.74, 6) is 1.84. The zero-order valence-corrected chi connectivity index (χ0v) is 12.6. The number of rotatable bonds is 5. The second kappa shape index (κ2) is 6.91. The van der Waals surface area contributed by atoms with Crippen molar-refractivity contribution < 1.29 is 0 Å². The van der Waals surface area contributed by atoms with Crippen molar-refractivity contribution in [2.45, 2.75) is 71.4 Å². The van der Waals surface area contributed by atoms with Gasteiger partial charge in [-0.15, -0.1) is 0 Å². The molecule has 18 heavy (non-hydrogen) atoms. The van der Waals surface area contributed by atoms with Crippen LogP contribution in [0.15, 0.2) is 0 Å². The molecule has 0 aromatic rings. The molecule has 0 spiro atoms. The Bertz CT molecular complexity index is 235. The zero-order valence-electron chi connectivity index (χ0n) is 12.6. The number of nitrogens with zero attached hydrogens (tertiary/aromatic N) is 1. The first-order valence-corrected chi connectivity index (χ1v) is 8.18. The first kappa shape index (κ1) is 14.3. The first-order chi connectivity index (χ1) is 8.70. The summed E-state index contributed by atoms with van der Waals surface area (Å²) in [5.41, 5.74) is 0. The summed E-state index contributed by atoms with van der Waals surface area (Å²) >= 11 is 0. The minimum absolute atomic E-state index is 0.767. The van der Waals surface area contributed by atoms with Crippen LogP contribution >= 0.6 is 0 Å². The second-order valence-electron chi connectivity index (χ2n) is 6.75. The fourth-order valence-electron chi connectivity index (χ4n) is 4.07. The number of nitrogens with one attached hydrogen (secondary N) is 1. The van der Waals surface area contributed by atoms with Crippen LogP contribution in [0.2, 0.25) is 0 Å². The molecule has 1 heterocycles. The van der Waals surface area contributed by atoms with Crippen LogP contribution < -0.4 is 5.32 Å². The molecule has 2 fully saturated rings. The van der Waals surface area contributed by atoms with Gasteiger partial charge in [-0.2, -0.15) is 0 Å². The highest BCUT2D eigenvalue weighted by atomic mass is 15.2. The predicted octanol–water partition coefficient (Wildman–Crippen LogP) is 3.28. The lowest BCUT2D eigenvalue weighted by atomic mass is 9.79. The standard InChI is InChI=1S/C16H32N2/c1-4-10-18(12-15-6-5-9-17-15)16-8-7-13(2)11-14(16)3/h13-17H,4-12H2,1-3H3. The van der Waals surface area contributed by atoms with Crippen molar-refractivity contribution in [2.75, 3.05) is 19.6 Å². The third-order valence-electron chi connectivity index (χ3n) is 4.98. The minimum Gasteiger partial charge on any atom is -0.313 e. The van der Waals surface area contributed by atoms with E-state index in [0.717, 1.165) is 23.9 Å². The van der Waals surface area contributed by atoms with Gasteiger partial charge in [0.25, 0.3) is 0 Å². The molecule has 2 rings (SSSR count). The lowest BCUT2D eigenvalue weighted by Gasteiger charge is -2.41. The van der Waals surface area contributed by atoms with E-state index >= 15 is 0 Å². The largest absolute Gasteiger partial charge is 0.313 e.